The summed E-state index contributed by atoms with van der Waals surface area (Å²) in [6.45, 7) is 0. The van der Waals surface area contributed by atoms with Gasteiger partial charge in [-0.25, -0.2) is 0 Å². The van der Waals surface area contributed by atoms with Crippen molar-refractivity contribution in [2.75, 3.05) is 7.11 Å². The second kappa shape index (κ2) is 33.8. The molecule has 0 heterocycles. The smallest absolute Gasteiger partial charge is 0 e. The van der Waals surface area contributed by atoms with E-state index in [1.807, 2.05) is 0 Å². The molecule has 0 saturated heterocycles. The second-order valence-corrected chi connectivity index (χ2v) is 0. The fraction of sp³-hybridized carbons (Fsp3) is 1.00. The molecule has 0 saturated carbocycles. The average Bonchev–Trinajstić information content (AvgIpc) is 1.00. The standard InChI is InChI=1S/CH4O.Ca.H3P.Zn.2H/c1-2;;;;;/h2H,1H3;;1H3;;;. The van der Waals surface area contributed by atoms with Crippen LogP contribution in [0, 0.1) is 0 Å². The van der Waals surface area contributed by atoms with Crippen LogP contribution in [-0.4, -0.2) is 50.0 Å². The summed E-state index contributed by atoms with van der Waals surface area (Å²) in [4.78, 5) is 0. The van der Waals surface area contributed by atoms with Gasteiger partial charge in [-0.05, 0) is 0 Å². The molecule has 0 aromatic carbocycles. The van der Waals surface area contributed by atoms with Crippen molar-refractivity contribution in [2.45, 2.75) is 0 Å². The molecule has 1 unspecified atom stereocenters. The first kappa shape index (κ1) is 26.7. The van der Waals surface area contributed by atoms with Gasteiger partial charge in [-0.1, -0.05) is 0 Å². The zero-order chi connectivity index (χ0) is 2.00. The molecule has 0 aromatic rings. The third-order valence-corrected chi connectivity index (χ3v) is 0. The van der Waals surface area contributed by atoms with Gasteiger partial charge in [0.2, 0.25) is 0 Å². The van der Waals surface area contributed by atoms with Crippen LogP contribution in [0.4, 0.5) is 0 Å². The minimum Gasteiger partial charge on any atom is 0 e. The first-order valence-electron chi connectivity index (χ1n) is 0.447. The summed E-state index contributed by atoms with van der Waals surface area (Å²) in [5.74, 6) is 0. The molecule has 1 atom stereocenters. The van der Waals surface area contributed by atoms with E-state index in [4.69, 9.17) is 5.11 Å². The molecular weight excluding hydrogens is 164 g/mol. The zero-order valence-electron chi connectivity index (χ0n) is 2.86. The molecular formula is CH9CaOPZn. The van der Waals surface area contributed by atoms with Crippen molar-refractivity contribution in [3.63, 3.8) is 0 Å². The maximum atomic E-state index is 7.00. The van der Waals surface area contributed by atoms with E-state index in [1.54, 1.807) is 0 Å². The van der Waals surface area contributed by atoms with Gasteiger partial charge in [0, 0.05) is 26.6 Å². The molecule has 5 heavy (non-hydrogen) atoms. The van der Waals surface area contributed by atoms with Crippen LogP contribution in [0.15, 0.2) is 0 Å². The molecule has 0 spiro atoms. The van der Waals surface area contributed by atoms with E-state index < -0.39 is 0 Å². The molecule has 0 radical (unpaired) electrons. The molecule has 28 valence electrons. The summed E-state index contributed by atoms with van der Waals surface area (Å²) in [5.41, 5.74) is 0. The maximum absolute atomic E-state index is 7.00. The van der Waals surface area contributed by atoms with Gasteiger partial charge in [-0.3, -0.25) is 0 Å². The minimum absolute atomic E-state index is 0. The summed E-state index contributed by atoms with van der Waals surface area (Å²) in [6, 6.07) is 0. The van der Waals surface area contributed by atoms with Gasteiger partial charge in [-0.15, -0.1) is 0 Å². The predicted molar refractivity (Wildman–Crippen MR) is 27.8 cm³/mol. The molecule has 1 nitrogen and oxygen atoms in total. The Morgan fingerprint density at radius 3 is 1.20 bits per heavy atom. The second-order valence-electron chi connectivity index (χ2n) is 0. The van der Waals surface area contributed by atoms with Gasteiger partial charge < -0.3 is 5.11 Å². The third-order valence-electron chi connectivity index (χ3n) is 0. The van der Waals surface area contributed by atoms with Crippen LogP contribution in [0.25, 0.3) is 0 Å². The topological polar surface area (TPSA) is 20.2 Å². The molecule has 0 aromatic heterocycles. The van der Waals surface area contributed by atoms with Crippen molar-refractivity contribution >= 4 is 47.6 Å². The summed E-state index contributed by atoms with van der Waals surface area (Å²) in [7, 11) is 1.00. The fourth-order valence-electron chi connectivity index (χ4n) is 0. The van der Waals surface area contributed by atoms with Gasteiger partial charge >= 0.3 is 37.7 Å². The van der Waals surface area contributed by atoms with Gasteiger partial charge in [0.25, 0.3) is 0 Å². The van der Waals surface area contributed by atoms with E-state index in [9.17, 15) is 0 Å². The molecule has 4 heteroatoms. The van der Waals surface area contributed by atoms with E-state index in [-0.39, 0.29) is 67.1 Å². The van der Waals surface area contributed by atoms with E-state index in [0.29, 0.717) is 0 Å². The van der Waals surface area contributed by atoms with Crippen LogP contribution < -0.4 is 0 Å². The van der Waals surface area contributed by atoms with Gasteiger partial charge in [0.05, 0.1) is 0 Å². The van der Waals surface area contributed by atoms with Crippen molar-refractivity contribution < 1.29 is 24.6 Å². The number of rotatable bonds is 0. The Morgan fingerprint density at radius 1 is 1.20 bits per heavy atom. The Morgan fingerprint density at radius 2 is 1.20 bits per heavy atom. The fourth-order valence-corrected chi connectivity index (χ4v) is 0. The largest absolute Gasteiger partial charge is 0 e. The summed E-state index contributed by atoms with van der Waals surface area (Å²) in [6.07, 6.45) is 0. The Kier molecular flexibility index (Phi) is 180. The molecule has 0 amide bonds. The molecule has 0 aliphatic rings. The maximum Gasteiger partial charge on any atom is 0 e. The predicted octanol–water partition coefficient (Wildman–Crippen LogP) is -1.25. The average molecular weight is 174 g/mol. The first-order chi connectivity index (χ1) is 1.00. The normalized spacial score (nSPS) is 1.20. The summed E-state index contributed by atoms with van der Waals surface area (Å²) in [5, 5.41) is 7.00. The summed E-state index contributed by atoms with van der Waals surface area (Å²) >= 11 is 0. The third kappa shape index (κ3) is 22.2. The van der Waals surface area contributed by atoms with Crippen molar-refractivity contribution in [2.24, 2.45) is 0 Å². The number of hydrogen-bond donors (Lipinski definition) is 1. The Balaban J connectivity index is -0.00000000167. The Bertz CT molecular complexity index is 11.6. The van der Waals surface area contributed by atoms with E-state index in [1.165, 1.54) is 0 Å². The van der Waals surface area contributed by atoms with Crippen LogP contribution >= 0.6 is 9.90 Å². The van der Waals surface area contributed by atoms with Gasteiger partial charge in [0.15, 0.2) is 0 Å². The minimum atomic E-state index is 0. The van der Waals surface area contributed by atoms with Crippen LogP contribution in [0.3, 0.4) is 0 Å². The molecule has 0 aliphatic carbocycles. The van der Waals surface area contributed by atoms with Crippen molar-refractivity contribution in [1.82, 2.24) is 0 Å². The Labute approximate surface area is 78.3 Å². The Hall–Kier alpha value is 2.27. The summed E-state index contributed by atoms with van der Waals surface area (Å²) < 4.78 is 0. The van der Waals surface area contributed by atoms with Crippen molar-refractivity contribution in [1.29, 1.82) is 0 Å². The zero-order valence-corrected chi connectivity index (χ0v) is 7.24. The van der Waals surface area contributed by atoms with Gasteiger partial charge in [0.1, 0.15) is 0 Å². The first-order valence-corrected chi connectivity index (χ1v) is 0.447. The van der Waals surface area contributed by atoms with E-state index in [0.717, 1.165) is 7.11 Å². The number of hydrogen-bond acceptors (Lipinski definition) is 1. The van der Waals surface area contributed by atoms with Crippen LogP contribution in [-0.2, 0) is 19.5 Å². The number of aliphatic hydroxyl groups excluding tert-OH is 1. The van der Waals surface area contributed by atoms with Crippen LogP contribution in [0.2, 0.25) is 0 Å². The molecule has 0 rings (SSSR count). The molecule has 0 bridgehead atoms. The molecule has 1 N–H and O–H groups in total. The van der Waals surface area contributed by atoms with Crippen LogP contribution in [0.1, 0.15) is 0 Å². The van der Waals surface area contributed by atoms with Crippen LogP contribution in [0.5, 0.6) is 0 Å². The van der Waals surface area contributed by atoms with E-state index >= 15 is 0 Å². The quantitative estimate of drug-likeness (QED) is 0.359. The van der Waals surface area contributed by atoms with E-state index in [2.05, 4.69) is 0 Å². The monoisotopic (exact) mass is 172 g/mol. The van der Waals surface area contributed by atoms with Crippen molar-refractivity contribution in [3.8, 4) is 0 Å². The molecule has 0 fully saturated rings. The van der Waals surface area contributed by atoms with Crippen molar-refractivity contribution in [3.05, 3.63) is 0 Å². The van der Waals surface area contributed by atoms with Gasteiger partial charge in [-0.2, -0.15) is 9.90 Å². The number of aliphatic hydroxyl groups is 1. The molecule has 0 aliphatic heterocycles. The SMILES string of the molecule is CO.P.[CaH2].[Zn].